The van der Waals surface area contributed by atoms with Gasteiger partial charge in [-0.15, -0.1) is 11.3 Å². The molecule has 28 heavy (non-hydrogen) atoms. The Balaban J connectivity index is 2.00. The number of thiophene rings is 1. The fourth-order valence-electron chi connectivity index (χ4n) is 4.52. The molecule has 0 aliphatic carbocycles. The summed E-state index contributed by atoms with van der Waals surface area (Å²) in [6.45, 7) is 15.0. The van der Waals surface area contributed by atoms with Gasteiger partial charge in [-0.1, -0.05) is 41.5 Å². The van der Waals surface area contributed by atoms with Gasteiger partial charge in [0, 0.05) is 0 Å². The summed E-state index contributed by atoms with van der Waals surface area (Å²) >= 11 is 7.75. The highest BCUT2D eigenvalue weighted by Crippen LogP contribution is 2.47. The van der Waals surface area contributed by atoms with E-state index in [-0.39, 0.29) is 12.4 Å². The molecule has 2 aromatic heterocycles. The third-order valence-electron chi connectivity index (χ3n) is 5.68. The quantitative estimate of drug-likeness (QED) is 0.401. The zero-order valence-electron chi connectivity index (χ0n) is 17.5. The van der Waals surface area contributed by atoms with Crippen molar-refractivity contribution in [3.63, 3.8) is 0 Å². The van der Waals surface area contributed by atoms with Crippen molar-refractivity contribution in [2.75, 3.05) is 13.2 Å². The van der Waals surface area contributed by atoms with E-state index in [1.54, 1.807) is 17.4 Å². The number of hydrogen-bond acceptors (Lipinski definition) is 5. The summed E-state index contributed by atoms with van der Waals surface area (Å²) in [5, 5.41) is 2.51. The number of furan rings is 1. The van der Waals surface area contributed by atoms with Gasteiger partial charge >= 0.3 is 0 Å². The summed E-state index contributed by atoms with van der Waals surface area (Å²) in [7, 11) is -2.13. The predicted molar refractivity (Wildman–Crippen MR) is 117 cm³/mol. The highest BCUT2D eigenvalue weighted by atomic mass is 35.5. The van der Waals surface area contributed by atoms with E-state index in [1.807, 2.05) is 6.07 Å². The van der Waals surface area contributed by atoms with Crippen LogP contribution in [0.15, 0.2) is 28.0 Å². The number of halogens is 1. The normalized spacial score (nSPS) is 17.4. The van der Waals surface area contributed by atoms with E-state index in [0.717, 1.165) is 16.2 Å². The Hall–Kier alpha value is -0.633. The molecular weight excluding hydrogens is 412 g/mol. The Bertz CT molecular complexity index is 742. The lowest BCUT2D eigenvalue weighted by molar-refractivity contribution is -0.0414. The van der Waals surface area contributed by atoms with Gasteiger partial charge in [-0.2, -0.15) is 0 Å². The van der Waals surface area contributed by atoms with Crippen LogP contribution in [0.3, 0.4) is 0 Å². The molecule has 1 unspecified atom stereocenters. The van der Waals surface area contributed by atoms with Crippen LogP contribution in [-0.2, 0) is 13.9 Å². The average molecular weight is 443 g/mol. The van der Waals surface area contributed by atoms with E-state index in [4.69, 9.17) is 29.9 Å². The van der Waals surface area contributed by atoms with Crippen LogP contribution in [0.25, 0.3) is 0 Å². The van der Waals surface area contributed by atoms with E-state index < -0.39 is 8.32 Å². The molecule has 1 aliphatic heterocycles. The maximum absolute atomic E-state index is 7.10. The van der Waals surface area contributed by atoms with Crippen molar-refractivity contribution in [1.82, 2.24) is 0 Å². The molecule has 3 rings (SSSR count). The average Bonchev–Trinajstić information content (AvgIpc) is 3.35. The first kappa shape index (κ1) is 22.1. The molecule has 156 valence electrons. The minimum Gasteiger partial charge on any atom is -0.447 e. The van der Waals surface area contributed by atoms with Crippen LogP contribution in [-0.4, -0.2) is 21.5 Å². The summed E-state index contributed by atoms with van der Waals surface area (Å²) in [6.07, 6.45) is -0.556. The first-order chi connectivity index (χ1) is 13.3. The molecule has 0 N–H and O–H groups in total. The molecule has 0 spiro atoms. The van der Waals surface area contributed by atoms with Crippen molar-refractivity contribution in [2.24, 2.45) is 0 Å². The van der Waals surface area contributed by atoms with Crippen LogP contribution in [0.4, 0.5) is 0 Å². The third-order valence-corrected chi connectivity index (χ3v) is 12.9. The second-order valence-corrected chi connectivity index (χ2v) is 15.0. The Kier molecular flexibility index (Phi) is 7.11. The zero-order chi connectivity index (χ0) is 20.5. The molecule has 1 atom stereocenters. The van der Waals surface area contributed by atoms with Crippen molar-refractivity contribution in [3.05, 3.63) is 45.0 Å². The van der Waals surface area contributed by atoms with Gasteiger partial charge in [-0.25, -0.2) is 0 Å². The summed E-state index contributed by atoms with van der Waals surface area (Å²) in [4.78, 5) is 1.06. The monoisotopic (exact) mass is 442 g/mol. The molecule has 1 saturated heterocycles. The fraction of sp³-hybridized carbons (Fsp3) is 0.619. The summed E-state index contributed by atoms with van der Waals surface area (Å²) in [5.74, 6) is 0.751. The van der Waals surface area contributed by atoms with Crippen LogP contribution in [0.2, 0.25) is 21.8 Å². The van der Waals surface area contributed by atoms with Crippen LogP contribution in [0, 0.1) is 0 Å². The van der Waals surface area contributed by atoms with Gasteiger partial charge in [0.2, 0.25) is 8.32 Å². The van der Waals surface area contributed by atoms with Crippen molar-refractivity contribution in [3.8, 4) is 0 Å². The molecule has 1 aliphatic rings. The number of hydrogen-bond donors (Lipinski definition) is 0. The molecule has 0 bridgehead atoms. The van der Waals surface area contributed by atoms with Crippen LogP contribution < -0.4 is 0 Å². The predicted octanol–water partition coefficient (Wildman–Crippen LogP) is 7.32. The fourth-order valence-corrected chi connectivity index (χ4v) is 11.1. The largest absolute Gasteiger partial charge is 0.447 e. The van der Waals surface area contributed by atoms with Gasteiger partial charge in [-0.3, -0.25) is 0 Å². The number of ether oxygens (including phenoxy) is 2. The van der Waals surface area contributed by atoms with Gasteiger partial charge in [0.1, 0.15) is 11.9 Å². The van der Waals surface area contributed by atoms with Gasteiger partial charge in [0.15, 0.2) is 11.5 Å². The molecular formula is C21H31ClO4SSi. The minimum absolute atomic E-state index is 0.276. The first-order valence-corrected chi connectivity index (χ1v) is 13.4. The Morgan fingerprint density at radius 2 is 1.64 bits per heavy atom. The van der Waals surface area contributed by atoms with Crippen LogP contribution in [0.5, 0.6) is 0 Å². The Morgan fingerprint density at radius 3 is 2.14 bits per heavy atom. The van der Waals surface area contributed by atoms with E-state index in [1.165, 1.54) is 0 Å². The van der Waals surface area contributed by atoms with Crippen LogP contribution >= 0.6 is 22.9 Å². The smallest absolute Gasteiger partial charge is 0.201 e. The van der Waals surface area contributed by atoms with Crippen LogP contribution in [0.1, 0.15) is 70.1 Å². The molecule has 0 amide bonds. The molecule has 0 saturated carbocycles. The maximum atomic E-state index is 7.10. The second kappa shape index (κ2) is 9.02. The highest BCUT2D eigenvalue weighted by molar-refractivity contribution is 7.10. The standard InChI is InChI=1S/C21H31ClO4SSi/c1-13(2)28(14(3)4,15(5)6)26-20(17-7-8-19(22)25-17)16-11-18(27-12-16)21-23-9-10-24-21/h7-8,11-15,20-21H,9-10H2,1-6H3. The minimum atomic E-state index is -2.13. The highest BCUT2D eigenvalue weighted by Gasteiger charge is 2.47. The maximum Gasteiger partial charge on any atom is 0.201 e. The molecule has 0 radical (unpaired) electrons. The van der Waals surface area contributed by atoms with E-state index in [9.17, 15) is 0 Å². The lowest BCUT2D eigenvalue weighted by Crippen LogP contribution is -2.48. The lowest BCUT2D eigenvalue weighted by Gasteiger charge is -2.44. The van der Waals surface area contributed by atoms with Gasteiger partial charge in [0.05, 0.1) is 18.1 Å². The van der Waals surface area contributed by atoms with Crippen molar-refractivity contribution in [2.45, 2.75) is 70.6 Å². The van der Waals surface area contributed by atoms with Gasteiger partial charge in [0.25, 0.3) is 0 Å². The van der Waals surface area contributed by atoms with Gasteiger partial charge in [-0.05, 0) is 57.4 Å². The molecule has 2 aromatic rings. The lowest BCUT2D eigenvalue weighted by atomic mass is 10.1. The molecule has 3 heterocycles. The van der Waals surface area contributed by atoms with E-state index in [0.29, 0.717) is 35.1 Å². The summed E-state index contributed by atoms with van der Waals surface area (Å²) < 4.78 is 24.3. The SMILES string of the molecule is CC(C)[Si](OC(c1csc(C2OCCO2)c1)c1ccc(Cl)o1)(C(C)C)C(C)C. The molecule has 0 aromatic carbocycles. The zero-order valence-corrected chi connectivity index (χ0v) is 20.1. The Morgan fingerprint density at radius 1 is 1.04 bits per heavy atom. The summed E-state index contributed by atoms with van der Waals surface area (Å²) in [5.41, 5.74) is 2.49. The van der Waals surface area contributed by atoms with Crippen molar-refractivity contribution < 1.29 is 18.3 Å². The van der Waals surface area contributed by atoms with Gasteiger partial charge < -0.3 is 18.3 Å². The molecule has 4 nitrogen and oxygen atoms in total. The van der Waals surface area contributed by atoms with Crippen molar-refractivity contribution >= 4 is 31.3 Å². The first-order valence-electron chi connectivity index (χ1n) is 10.00. The Labute approximate surface area is 178 Å². The molecule has 7 heteroatoms. The van der Waals surface area contributed by atoms with E-state index >= 15 is 0 Å². The van der Waals surface area contributed by atoms with Crippen molar-refractivity contribution in [1.29, 1.82) is 0 Å². The number of rotatable bonds is 8. The summed E-state index contributed by atoms with van der Waals surface area (Å²) in [6, 6.07) is 5.84. The molecule has 1 fully saturated rings. The topological polar surface area (TPSA) is 40.8 Å². The third kappa shape index (κ3) is 4.27. The van der Waals surface area contributed by atoms with E-state index in [2.05, 4.69) is 53.0 Å². The second-order valence-electron chi connectivity index (χ2n) is 8.31.